The minimum Gasteiger partial charge on any atom is -0.494 e. The van der Waals surface area contributed by atoms with Crippen LogP contribution in [0, 0.1) is 0 Å². The van der Waals surface area contributed by atoms with Crippen LogP contribution in [0.15, 0.2) is 60.8 Å². The molecule has 0 N–H and O–H groups in total. The van der Waals surface area contributed by atoms with Crippen molar-refractivity contribution < 1.29 is 9.53 Å². The molecule has 154 valence electrons. The topological polar surface area (TPSA) is 71.5 Å². The lowest BCUT2D eigenvalue weighted by Gasteiger charge is -2.35. The van der Waals surface area contributed by atoms with Crippen molar-refractivity contribution >= 4 is 11.7 Å². The minimum absolute atomic E-state index is 0.149. The molecule has 0 bridgehead atoms. The van der Waals surface area contributed by atoms with E-state index < -0.39 is 0 Å². The summed E-state index contributed by atoms with van der Waals surface area (Å²) in [6, 6.07) is 17.4. The molecule has 0 saturated carbocycles. The Hall–Kier alpha value is -3.48. The van der Waals surface area contributed by atoms with Gasteiger partial charge in [0.2, 0.25) is 5.91 Å². The quantitative estimate of drug-likeness (QED) is 0.630. The van der Waals surface area contributed by atoms with Crippen molar-refractivity contribution in [3.8, 4) is 17.1 Å². The SMILES string of the molecule is CCOc1ccc(CC(=O)N2CCN(c3ccc(-c4ccccn4)nn3)CC2)cc1. The summed E-state index contributed by atoms with van der Waals surface area (Å²) in [6.07, 6.45) is 2.15. The van der Waals surface area contributed by atoms with Gasteiger partial charge < -0.3 is 14.5 Å². The van der Waals surface area contributed by atoms with E-state index in [1.165, 1.54) is 0 Å². The Bertz CT molecular complexity index is 953. The second-order valence-corrected chi connectivity index (χ2v) is 7.11. The van der Waals surface area contributed by atoms with Crippen molar-refractivity contribution in [3.05, 3.63) is 66.4 Å². The molecule has 30 heavy (non-hydrogen) atoms. The number of rotatable bonds is 6. The first-order valence-corrected chi connectivity index (χ1v) is 10.2. The first-order chi connectivity index (χ1) is 14.7. The molecule has 7 heteroatoms. The summed E-state index contributed by atoms with van der Waals surface area (Å²) in [7, 11) is 0. The summed E-state index contributed by atoms with van der Waals surface area (Å²) >= 11 is 0. The molecule has 0 unspecified atom stereocenters. The highest BCUT2D eigenvalue weighted by molar-refractivity contribution is 5.79. The number of benzene rings is 1. The van der Waals surface area contributed by atoms with Crippen LogP contribution in [0.25, 0.3) is 11.4 Å². The van der Waals surface area contributed by atoms with E-state index in [4.69, 9.17) is 4.74 Å². The highest BCUT2D eigenvalue weighted by Crippen LogP contribution is 2.18. The highest BCUT2D eigenvalue weighted by atomic mass is 16.5. The molecule has 1 aliphatic rings. The molecule has 0 atom stereocenters. The molecule has 1 aliphatic heterocycles. The Labute approximate surface area is 176 Å². The molecule has 1 saturated heterocycles. The van der Waals surface area contributed by atoms with Crippen molar-refractivity contribution in [2.75, 3.05) is 37.7 Å². The summed E-state index contributed by atoms with van der Waals surface area (Å²) in [5, 5.41) is 8.67. The lowest BCUT2D eigenvalue weighted by molar-refractivity contribution is -0.130. The first kappa shape index (κ1) is 19.8. The van der Waals surface area contributed by atoms with E-state index in [0.717, 1.165) is 41.6 Å². The van der Waals surface area contributed by atoms with Crippen LogP contribution in [0.4, 0.5) is 5.82 Å². The van der Waals surface area contributed by atoms with Crippen LogP contribution in [0.5, 0.6) is 5.75 Å². The number of aromatic nitrogens is 3. The number of hydrogen-bond donors (Lipinski definition) is 0. The fourth-order valence-corrected chi connectivity index (χ4v) is 3.49. The van der Waals surface area contributed by atoms with E-state index in [1.807, 2.05) is 66.4 Å². The van der Waals surface area contributed by atoms with E-state index in [0.29, 0.717) is 26.1 Å². The van der Waals surface area contributed by atoms with E-state index in [1.54, 1.807) is 6.20 Å². The van der Waals surface area contributed by atoms with Crippen molar-refractivity contribution in [1.82, 2.24) is 20.1 Å². The third kappa shape index (κ3) is 4.74. The van der Waals surface area contributed by atoms with Gasteiger partial charge in [0.25, 0.3) is 0 Å². The maximum atomic E-state index is 12.7. The molecule has 4 rings (SSSR count). The number of amides is 1. The maximum absolute atomic E-state index is 12.7. The van der Waals surface area contributed by atoms with Crippen LogP contribution < -0.4 is 9.64 Å². The molecule has 1 fully saturated rings. The second-order valence-electron chi connectivity index (χ2n) is 7.11. The normalized spacial score (nSPS) is 13.9. The molecule has 1 aromatic carbocycles. The molecule has 2 aromatic heterocycles. The van der Waals surface area contributed by atoms with Gasteiger partial charge >= 0.3 is 0 Å². The molecular formula is C23H25N5O2. The zero-order valence-electron chi connectivity index (χ0n) is 17.1. The Kier molecular flexibility index (Phi) is 6.17. The van der Waals surface area contributed by atoms with Crippen LogP contribution in [-0.2, 0) is 11.2 Å². The number of carbonyl (C=O) groups excluding carboxylic acids is 1. The summed E-state index contributed by atoms with van der Waals surface area (Å²) < 4.78 is 5.45. The average Bonchev–Trinajstić information content (AvgIpc) is 2.81. The fourth-order valence-electron chi connectivity index (χ4n) is 3.49. The average molecular weight is 403 g/mol. The van der Waals surface area contributed by atoms with Gasteiger partial charge in [0, 0.05) is 32.4 Å². The van der Waals surface area contributed by atoms with Gasteiger partial charge in [0.15, 0.2) is 5.82 Å². The number of ether oxygens (including phenoxy) is 1. The number of hydrogen-bond acceptors (Lipinski definition) is 6. The fraction of sp³-hybridized carbons (Fsp3) is 0.304. The zero-order valence-corrected chi connectivity index (χ0v) is 17.1. The predicted molar refractivity (Wildman–Crippen MR) is 115 cm³/mol. The third-order valence-electron chi connectivity index (χ3n) is 5.12. The number of piperazine rings is 1. The number of carbonyl (C=O) groups is 1. The van der Waals surface area contributed by atoms with Crippen LogP contribution in [0.3, 0.4) is 0 Å². The summed E-state index contributed by atoms with van der Waals surface area (Å²) in [6.45, 7) is 5.44. The second kappa shape index (κ2) is 9.35. The van der Waals surface area contributed by atoms with Crippen LogP contribution in [0.2, 0.25) is 0 Å². The first-order valence-electron chi connectivity index (χ1n) is 10.2. The third-order valence-corrected chi connectivity index (χ3v) is 5.12. The van der Waals surface area contributed by atoms with Crippen molar-refractivity contribution in [1.29, 1.82) is 0 Å². The van der Waals surface area contributed by atoms with Gasteiger partial charge in [-0.25, -0.2) is 0 Å². The predicted octanol–water partition coefficient (Wildman–Crippen LogP) is 2.83. The van der Waals surface area contributed by atoms with Gasteiger partial charge in [-0.2, -0.15) is 0 Å². The van der Waals surface area contributed by atoms with Crippen molar-refractivity contribution in [2.45, 2.75) is 13.3 Å². The number of anilines is 1. The van der Waals surface area contributed by atoms with Crippen LogP contribution >= 0.6 is 0 Å². The molecule has 3 heterocycles. The van der Waals surface area contributed by atoms with E-state index in [9.17, 15) is 4.79 Å². The maximum Gasteiger partial charge on any atom is 0.227 e. The Morgan fingerprint density at radius 1 is 0.933 bits per heavy atom. The summed E-state index contributed by atoms with van der Waals surface area (Å²) in [4.78, 5) is 21.0. The minimum atomic E-state index is 0.149. The monoisotopic (exact) mass is 403 g/mol. The lowest BCUT2D eigenvalue weighted by atomic mass is 10.1. The lowest BCUT2D eigenvalue weighted by Crippen LogP contribution is -2.49. The van der Waals surface area contributed by atoms with E-state index in [2.05, 4.69) is 20.1 Å². The van der Waals surface area contributed by atoms with E-state index in [-0.39, 0.29) is 5.91 Å². The molecule has 7 nitrogen and oxygen atoms in total. The standard InChI is InChI=1S/C23H25N5O2/c1-2-30-19-8-6-18(7-9-19)17-23(29)28-15-13-27(14-16-28)22-11-10-21(25-26-22)20-5-3-4-12-24-20/h3-12H,2,13-17H2,1H3. The molecule has 0 radical (unpaired) electrons. The largest absolute Gasteiger partial charge is 0.494 e. The number of pyridine rings is 1. The smallest absolute Gasteiger partial charge is 0.227 e. The van der Waals surface area contributed by atoms with E-state index >= 15 is 0 Å². The Morgan fingerprint density at radius 2 is 1.73 bits per heavy atom. The Balaban J connectivity index is 1.30. The molecule has 3 aromatic rings. The molecular weight excluding hydrogens is 378 g/mol. The van der Waals surface area contributed by atoms with Crippen LogP contribution in [0.1, 0.15) is 12.5 Å². The number of nitrogens with zero attached hydrogens (tertiary/aromatic N) is 5. The van der Waals surface area contributed by atoms with Crippen molar-refractivity contribution in [3.63, 3.8) is 0 Å². The van der Waals surface area contributed by atoms with Gasteiger partial charge in [-0.05, 0) is 48.9 Å². The van der Waals surface area contributed by atoms with Crippen molar-refractivity contribution in [2.24, 2.45) is 0 Å². The summed E-state index contributed by atoms with van der Waals surface area (Å²) in [5.74, 6) is 1.81. The highest BCUT2D eigenvalue weighted by Gasteiger charge is 2.22. The zero-order chi connectivity index (χ0) is 20.8. The molecule has 1 amide bonds. The molecule has 0 spiro atoms. The van der Waals surface area contributed by atoms with Gasteiger partial charge in [-0.15, -0.1) is 10.2 Å². The van der Waals surface area contributed by atoms with Crippen LogP contribution in [-0.4, -0.2) is 58.8 Å². The van der Waals surface area contributed by atoms with Gasteiger partial charge in [0.05, 0.1) is 18.7 Å². The molecule has 0 aliphatic carbocycles. The summed E-state index contributed by atoms with van der Waals surface area (Å²) in [5.41, 5.74) is 2.56. The Morgan fingerprint density at radius 3 is 2.37 bits per heavy atom. The van der Waals surface area contributed by atoms with Gasteiger partial charge in [-0.3, -0.25) is 9.78 Å². The van der Waals surface area contributed by atoms with Gasteiger partial charge in [-0.1, -0.05) is 18.2 Å². The van der Waals surface area contributed by atoms with Gasteiger partial charge in [0.1, 0.15) is 11.4 Å².